The number of ether oxygens (including phenoxy) is 1. The average Bonchev–Trinajstić information content (AvgIpc) is 2.98. The molecule has 92 valence electrons. The molecular formula is C9H12N4O3S. The molecule has 0 spiro atoms. The molecule has 17 heavy (non-hydrogen) atoms. The number of carbonyl (C=O) groups is 2. The summed E-state index contributed by atoms with van der Waals surface area (Å²) in [6.45, 7) is 1.08. The van der Waals surface area contributed by atoms with E-state index in [4.69, 9.17) is 4.74 Å². The Bertz CT molecular complexity index is 389. The van der Waals surface area contributed by atoms with Crippen molar-refractivity contribution in [1.82, 2.24) is 15.5 Å². The SMILES string of the molecule is O=C(NCC1CCCO1)C(=O)Nc1nncs1. The molecule has 2 amide bonds. The summed E-state index contributed by atoms with van der Waals surface area (Å²) in [6.07, 6.45) is 1.93. The second kappa shape index (κ2) is 5.69. The van der Waals surface area contributed by atoms with Crippen LogP contribution in [-0.4, -0.2) is 41.3 Å². The Morgan fingerprint density at radius 2 is 2.41 bits per heavy atom. The van der Waals surface area contributed by atoms with E-state index < -0.39 is 11.8 Å². The van der Waals surface area contributed by atoms with Crippen molar-refractivity contribution in [3.8, 4) is 0 Å². The van der Waals surface area contributed by atoms with Crippen LogP contribution in [0.4, 0.5) is 5.13 Å². The zero-order chi connectivity index (χ0) is 12.1. The molecule has 0 saturated carbocycles. The number of nitrogens with one attached hydrogen (secondary N) is 2. The molecule has 2 heterocycles. The first-order valence-corrected chi connectivity index (χ1v) is 6.10. The fourth-order valence-electron chi connectivity index (χ4n) is 1.47. The van der Waals surface area contributed by atoms with Crippen molar-refractivity contribution in [2.24, 2.45) is 0 Å². The van der Waals surface area contributed by atoms with E-state index in [0.717, 1.165) is 30.8 Å². The van der Waals surface area contributed by atoms with Gasteiger partial charge in [0.2, 0.25) is 5.13 Å². The van der Waals surface area contributed by atoms with Crippen LogP contribution >= 0.6 is 11.3 Å². The van der Waals surface area contributed by atoms with Crippen LogP contribution in [0, 0.1) is 0 Å². The molecule has 0 radical (unpaired) electrons. The van der Waals surface area contributed by atoms with Crippen molar-refractivity contribution in [2.75, 3.05) is 18.5 Å². The number of aromatic nitrogens is 2. The van der Waals surface area contributed by atoms with Gasteiger partial charge in [0.1, 0.15) is 5.51 Å². The summed E-state index contributed by atoms with van der Waals surface area (Å²) < 4.78 is 5.32. The zero-order valence-corrected chi connectivity index (χ0v) is 9.83. The molecule has 1 saturated heterocycles. The van der Waals surface area contributed by atoms with Crippen molar-refractivity contribution < 1.29 is 14.3 Å². The first-order chi connectivity index (χ1) is 8.25. The van der Waals surface area contributed by atoms with Crippen molar-refractivity contribution in [3.05, 3.63) is 5.51 Å². The monoisotopic (exact) mass is 256 g/mol. The maximum Gasteiger partial charge on any atom is 0.315 e. The average molecular weight is 256 g/mol. The topological polar surface area (TPSA) is 93.2 Å². The zero-order valence-electron chi connectivity index (χ0n) is 9.01. The minimum absolute atomic E-state index is 0.0216. The van der Waals surface area contributed by atoms with E-state index in [1.54, 1.807) is 0 Å². The lowest BCUT2D eigenvalue weighted by atomic mass is 10.2. The molecule has 1 aromatic rings. The maximum absolute atomic E-state index is 11.4. The number of hydrogen-bond acceptors (Lipinski definition) is 6. The van der Waals surface area contributed by atoms with Crippen LogP contribution < -0.4 is 10.6 Å². The summed E-state index contributed by atoms with van der Waals surface area (Å²) in [5, 5.41) is 12.3. The normalized spacial score (nSPS) is 18.9. The number of carbonyl (C=O) groups excluding carboxylic acids is 2. The van der Waals surface area contributed by atoms with Gasteiger partial charge in [0.25, 0.3) is 0 Å². The van der Waals surface area contributed by atoms with E-state index in [1.165, 1.54) is 5.51 Å². The quantitative estimate of drug-likeness (QED) is 0.729. The number of anilines is 1. The van der Waals surface area contributed by atoms with Gasteiger partial charge in [-0.15, -0.1) is 10.2 Å². The standard InChI is InChI=1S/C9H12N4O3S/c14-7(10-4-6-2-1-3-16-6)8(15)12-9-13-11-5-17-9/h5-6H,1-4H2,(H,10,14)(H,12,13,15). The Kier molecular flexibility index (Phi) is 3.99. The molecule has 1 aliphatic rings. The summed E-state index contributed by atoms with van der Waals surface area (Å²) in [7, 11) is 0. The molecule has 1 aromatic heterocycles. The summed E-state index contributed by atoms with van der Waals surface area (Å²) >= 11 is 1.15. The first kappa shape index (κ1) is 11.9. The highest BCUT2D eigenvalue weighted by molar-refractivity contribution is 7.13. The van der Waals surface area contributed by atoms with Gasteiger partial charge in [-0.3, -0.25) is 14.9 Å². The molecule has 1 aliphatic heterocycles. The molecule has 2 rings (SSSR count). The molecule has 0 aromatic carbocycles. The van der Waals surface area contributed by atoms with E-state index in [9.17, 15) is 9.59 Å². The van der Waals surface area contributed by atoms with Gasteiger partial charge in [0, 0.05) is 13.2 Å². The number of nitrogens with zero attached hydrogens (tertiary/aromatic N) is 2. The Hall–Kier alpha value is -1.54. The van der Waals surface area contributed by atoms with Crippen LogP contribution in [0.3, 0.4) is 0 Å². The summed E-state index contributed by atoms with van der Waals surface area (Å²) in [6, 6.07) is 0. The Morgan fingerprint density at radius 1 is 1.53 bits per heavy atom. The summed E-state index contributed by atoms with van der Waals surface area (Å²) in [5.41, 5.74) is 1.47. The first-order valence-electron chi connectivity index (χ1n) is 5.22. The smallest absolute Gasteiger partial charge is 0.315 e. The van der Waals surface area contributed by atoms with Gasteiger partial charge >= 0.3 is 11.8 Å². The summed E-state index contributed by atoms with van der Waals surface area (Å²) in [4.78, 5) is 22.8. The molecular weight excluding hydrogens is 244 g/mol. The second-order valence-electron chi connectivity index (χ2n) is 3.54. The Labute approximate surface area is 102 Å². The van der Waals surface area contributed by atoms with Crippen molar-refractivity contribution in [3.63, 3.8) is 0 Å². The lowest BCUT2D eigenvalue weighted by molar-refractivity contribution is -0.136. The van der Waals surface area contributed by atoms with Crippen LogP contribution in [0.5, 0.6) is 0 Å². The lowest BCUT2D eigenvalue weighted by Crippen LogP contribution is -2.39. The molecule has 1 unspecified atom stereocenters. The largest absolute Gasteiger partial charge is 0.376 e. The van der Waals surface area contributed by atoms with Gasteiger partial charge in [-0.2, -0.15) is 0 Å². The molecule has 7 nitrogen and oxygen atoms in total. The summed E-state index contributed by atoms with van der Waals surface area (Å²) in [5.74, 6) is -1.42. The highest BCUT2D eigenvalue weighted by atomic mass is 32.1. The molecule has 2 N–H and O–H groups in total. The third-order valence-corrected chi connectivity index (χ3v) is 2.91. The van der Waals surface area contributed by atoms with Crippen molar-refractivity contribution in [2.45, 2.75) is 18.9 Å². The van der Waals surface area contributed by atoms with Gasteiger partial charge in [-0.25, -0.2) is 0 Å². The number of rotatable bonds is 3. The van der Waals surface area contributed by atoms with Gasteiger partial charge in [0.05, 0.1) is 6.10 Å². The van der Waals surface area contributed by atoms with E-state index in [1.807, 2.05) is 0 Å². The van der Waals surface area contributed by atoms with Crippen LogP contribution in [-0.2, 0) is 14.3 Å². The van der Waals surface area contributed by atoms with Crippen molar-refractivity contribution in [1.29, 1.82) is 0 Å². The molecule has 0 bridgehead atoms. The molecule has 8 heteroatoms. The Balaban J connectivity index is 1.73. The van der Waals surface area contributed by atoms with Gasteiger partial charge in [-0.05, 0) is 12.8 Å². The van der Waals surface area contributed by atoms with Gasteiger partial charge in [0.15, 0.2) is 0 Å². The lowest BCUT2D eigenvalue weighted by Gasteiger charge is -2.09. The highest BCUT2D eigenvalue weighted by Crippen LogP contribution is 2.10. The molecule has 1 fully saturated rings. The van der Waals surface area contributed by atoms with Crippen LogP contribution in [0.15, 0.2) is 5.51 Å². The number of hydrogen-bond donors (Lipinski definition) is 2. The third-order valence-electron chi connectivity index (χ3n) is 2.30. The third kappa shape index (κ3) is 3.46. The minimum Gasteiger partial charge on any atom is -0.376 e. The van der Waals surface area contributed by atoms with Gasteiger partial charge in [-0.1, -0.05) is 11.3 Å². The number of amides is 2. The second-order valence-corrected chi connectivity index (χ2v) is 4.38. The van der Waals surface area contributed by atoms with E-state index in [-0.39, 0.29) is 6.10 Å². The van der Waals surface area contributed by atoms with E-state index in [2.05, 4.69) is 20.8 Å². The maximum atomic E-state index is 11.4. The minimum atomic E-state index is -0.736. The van der Waals surface area contributed by atoms with Crippen molar-refractivity contribution >= 4 is 28.3 Å². The Morgan fingerprint density at radius 3 is 3.06 bits per heavy atom. The van der Waals surface area contributed by atoms with E-state index in [0.29, 0.717) is 11.7 Å². The molecule has 1 atom stereocenters. The predicted octanol–water partition coefficient (Wildman–Crippen LogP) is -0.228. The fraction of sp³-hybridized carbons (Fsp3) is 0.556. The highest BCUT2D eigenvalue weighted by Gasteiger charge is 2.19. The molecule has 0 aliphatic carbocycles. The van der Waals surface area contributed by atoms with E-state index >= 15 is 0 Å². The predicted molar refractivity (Wildman–Crippen MR) is 60.5 cm³/mol. The van der Waals surface area contributed by atoms with Crippen LogP contribution in [0.25, 0.3) is 0 Å². The van der Waals surface area contributed by atoms with Crippen LogP contribution in [0.1, 0.15) is 12.8 Å². The fourth-order valence-corrected chi connectivity index (χ4v) is 1.91. The van der Waals surface area contributed by atoms with Gasteiger partial charge < -0.3 is 10.1 Å². The van der Waals surface area contributed by atoms with Crippen LogP contribution in [0.2, 0.25) is 0 Å².